The summed E-state index contributed by atoms with van der Waals surface area (Å²) < 4.78 is 0. The second-order valence-corrected chi connectivity index (χ2v) is 6.05. The number of amides is 1. The Hall–Kier alpha value is -1.69. The van der Waals surface area contributed by atoms with E-state index in [0.717, 1.165) is 38.9 Å². The first-order valence-corrected chi connectivity index (χ1v) is 8.14. The molecular formula is C16H27N5O. The van der Waals surface area contributed by atoms with Crippen molar-refractivity contribution in [2.45, 2.75) is 38.6 Å². The molecule has 1 fully saturated rings. The fraction of sp³-hybridized carbons (Fsp3) is 0.688. The lowest BCUT2D eigenvalue weighted by molar-refractivity contribution is 0.0602. The van der Waals surface area contributed by atoms with Crippen LogP contribution in [0.25, 0.3) is 0 Å². The Kier molecular flexibility index (Phi) is 6.12. The van der Waals surface area contributed by atoms with Crippen molar-refractivity contribution in [2.75, 3.05) is 39.0 Å². The van der Waals surface area contributed by atoms with Gasteiger partial charge in [-0.15, -0.1) is 0 Å². The Morgan fingerprint density at radius 2 is 2.27 bits per heavy atom. The van der Waals surface area contributed by atoms with Crippen LogP contribution in [0.1, 0.15) is 43.1 Å². The number of nitrogens with one attached hydrogen (secondary N) is 1. The van der Waals surface area contributed by atoms with Crippen molar-refractivity contribution >= 4 is 11.9 Å². The van der Waals surface area contributed by atoms with E-state index in [4.69, 9.17) is 0 Å². The monoisotopic (exact) mass is 305 g/mol. The molecule has 2 heterocycles. The molecule has 6 nitrogen and oxygen atoms in total. The lowest BCUT2D eigenvalue weighted by Crippen LogP contribution is -2.43. The first-order valence-electron chi connectivity index (χ1n) is 8.14. The molecule has 0 saturated carbocycles. The van der Waals surface area contributed by atoms with E-state index in [9.17, 15) is 4.79 Å². The number of anilines is 1. The molecule has 0 aliphatic carbocycles. The van der Waals surface area contributed by atoms with E-state index < -0.39 is 0 Å². The molecule has 22 heavy (non-hydrogen) atoms. The van der Waals surface area contributed by atoms with Crippen molar-refractivity contribution in [2.24, 2.45) is 0 Å². The first kappa shape index (κ1) is 16.7. The minimum atomic E-state index is 0.0320. The zero-order valence-electron chi connectivity index (χ0n) is 13.9. The molecule has 1 atom stereocenters. The Morgan fingerprint density at radius 1 is 1.45 bits per heavy atom. The normalized spacial score (nSPS) is 18.5. The lowest BCUT2D eigenvalue weighted by atomic mass is 9.99. The highest BCUT2D eigenvalue weighted by Gasteiger charge is 2.27. The summed E-state index contributed by atoms with van der Waals surface area (Å²) in [5.74, 6) is 0.558. The van der Waals surface area contributed by atoms with Crippen LogP contribution in [0.2, 0.25) is 0 Å². The number of carbonyl (C=O) groups excluding carboxylic acids is 1. The smallest absolute Gasteiger partial charge is 0.272 e. The second-order valence-electron chi connectivity index (χ2n) is 6.05. The zero-order chi connectivity index (χ0) is 15.9. The van der Waals surface area contributed by atoms with E-state index in [0.29, 0.717) is 17.7 Å². The average molecular weight is 305 g/mol. The Balaban J connectivity index is 2.03. The molecule has 1 aliphatic rings. The van der Waals surface area contributed by atoms with Gasteiger partial charge in [0.25, 0.3) is 5.91 Å². The number of aromatic nitrogens is 2. The number of rotatable bonds is 6. The average Bonchev–Trinajstić information content (AvgIpc) is 2.54. The highest BCUT2D eigenvalue weighted by atomic mass is 16.2. The lowest BCUT2D eigenvalue weighted by Gasteiger charge is -2.35. The van der Waals surface area contributed by atoms with E-state index in [-0.39, 0.29) is 5.91 Å². The summed E-state index contributed by atoms with van der Waals surface area (Å²) in [5.41, 5.74) is 0.489. The van der Waals surface area contributed by atoms with Crippen LogP contribution in [-0.4, -0.2) is 65.4 Å². The topological polar surface area (TPSA) is 61.4 Å². The maximum atomic E-state index is 12.7. The molecule has 0 radical (unpaired) electrons. The Bertz CT molecular complexity index is 491. The fourth-order valence-electron chi connectivity index (χ4n) is 2.79. The SMILES string of the molecule is CCC1CCCCN1C(=O)c1ccnc(NCCN(C)C)n1. The molecule has 0 spiro atoms. The molecule has 0 bridgehead atoms. The van der Waals surface area contributed by atoms with Crippen molar-refractivity contribution in [3.05, 3.63) is 18.0 Å². The summed E-state index contributed by atoms with van der Waals surface area (Å²) in [5, 5.41) is 3.16. The standard InChI is InChI=1S/C16H27N5O/c1-4-13-7-5-6-11-21(13)15(22)14-8-9-17-16(19-14)18-10-12-20(2)3/h8-9,13H,4-7,10-12H2,1-3H3,(H,17,18,19). The van der Waals surface area contributed by atoms with Gasteiger partial charge < -0.3 is 15.1 Å². The minimum Gasteiger partial charge on any atom is -0.353 e. The molecule has 1 N–H and O–H groups in total. The number of nitrogens with zero attached hydrogens (tertiary/aromatic N) is 4. The third-order valence-electron chi connectivity index (χ3n) is 4.08. The van der Waals surface area contributed by atoms with Crippen LogP contribution in [0.5, 0.6) is 0 Å². The molecule has 1 aliphatic heterocycles. The van der Waals surface area contributed by atoms with Gasteiger partial charge in [0.05, 0.1) is 0 Å². The minimum absolute atomic E-state index is 0.0320. The number of carbonyl (C=O) groups is 1. The van der Waals surface area contributed by atoms with Gasteiger partial charge in [-0.05, 0) is 45.8 Å². The van der Waals surface area contributed by atoms with Gasteiger partial charge in [-0.25, -0.2) is 9.97 Å². The van der Waals surface area contributed by atoms with E-state index >= 15 is 0 Å². The van der Waals surface area contributed by atoms with Gasteiger partial charge >= 0.3 is 0 Å². The molecule has 6 heteroatoms. The van der Waals surface area contributed by atoms with Crippen LogP contribution in [0.15, 0.2) is 12.3 Å². The molecule has 0 aromatic carbocycles. The van der Waals surface area contributed by atoms with Crippen molar-refractivity contribution in [1.29, 1.82) is 0 Å². The second kappa shape index (κ2) is 8.08. The van der Waals surface area contributed by atoms with E-state index in [1.165, 1.54) is 6.42 Å². The fourth-order valence-corrected chi connectivity index (χ4v) is 2.79. The number of hydrogen-bond acceptors (Lipinski definition) is 5. The molecule has 1 aromatic rings. The summed E-state index contributed by atoms with van der Waals surface area (Å²) in [6.45, 7) is 4.63. The van der Waals surface area contributed by atoms with Crippen molar-refractivity contribution in [3.63, 3.8) is 0 Å². The first-order chi connectivity index (χ1) is 10.6. The summed E-state index contributed by atoms with van der Waals surface area (Å²) in [7, 11) is 4.04. The Labute approximate surface area is 132 Å². The largest absolute Gasteiger partial charge is 0.353 e. The molecule has 1 unspecified atom stereocenters. The third-order valence-corrected chi connectivity index (χ3v) is 4.08. The maximum Gasteiger partial charge on any atom is 0.272 e. The highest BCUT2D eigenvalue weighted by molar-refractivity contribution is 5.92. The Morgan fingerprint density at radius 3 is 3.00 bits per heavy atom. The van der Waals surface area contributed by atoms with E-state index in [2.05, 4.69) is 27.1 Å². The van der Waals surface area contributed by atoms with Gasteiger partial charge in [-0.1, -0.05) is 6.92 Å². The molecule has 1 amide bonds. The van der Waals surface area contributed by atoms with E-state index in [1.54, 1.807) is 12.3 Å². The zero-order valence-corrected chi connectivity index (χ0v) is 13.9. The summed E-state index contributed by atoms with van der Waals surface area (Å²) in [4.78, 5) is 25.3. The van der Waals surface area contributed by atoms with Crippen LogP contribution >= 0.6 is 0 Å². The van der Waals surface area contributed by atoms with Crippen LogP contribution < -0.4 is 5.32 Å². The number of piperidine rings is 1. The maximum absolute atomic E-state index is 12.7. The molecule has 2 rings (SSSR count). The summed E-state index contributed by atoms with van der Waals surface area (Å²) in [6, 6.07) is 2.06. The summed E-state index contributed by atoms with van der Waals surface area (Å²) in [6.07, 6.45) is 6.06. The quantitative estimate of drug-likeness (QED) is 0.869. The van der Waals surface area contributed by atoms with Gasteiger partial charge in [0.2, 0.25) is 5.95 Å². The van der Waals surface area contributed by atoms with E-state index in [1.807, 2.05) is 19.0 Å². The van der Waals surface area contributed by atoms with Crippen LogP contribution in [0.4, 0.5) is 5.95 Å². The van der Waals surface area contributed by atoms with Crippen molar-refractivity contribution < 1.29 is 4.79 Å². The third kappa shape index (κ3) is 4.40. The highest BCUT2D eigenvalue weighted by Crippen LogP contribution is 2.21. The summed E-state index contributed by atoms with van der Waals surface area (Å²) >= 11 is 0. The van der Waals surface area contributed by atoms with Gasteiger partial charge in [0.1, 0.15) is 5.69 Å². The van der Waals surface area contributed by atoms with Gasteiger partial charge in [0.15, 0.2) is 0 Å². The van der Waals surface area contributed by atoms with Gasteiger partial charge in [0, 0.05) is 31.9 Å². The predicted molar refractivity (Wildman–Crippen MR) is 88.0 cm³/mol. The molecular weight excluding hydrogens is 278 g/mol. The molecule has 1 aromatic heterocycles. The number of likely N-dealkylation sites (tertiary alicyclic amines) is 1. The number of likely N-dealkylation sites (N-methyl/N-ethyl adjacent to an activating group) is 1. The number of hydrogen-bond donors (Lipinski definition) is 1. The van der Waals surface area contributed by atoms with Gasteiger partial charge in [-0.3, -0.25) is 4.79 Å². The van der Waals surface area contributed by atoms with Gasteiger partial charge in [-0.2, -0.15) is 0 Å². The van der Waals surface area contributed by atoms with Crippen molar-refractivity contribution in [3.8, 4) is 0 Å². The van der Waals surface area contributed by atoms with Crippen LogP contribution in [0.3, 0.4) is 0 Å². The predicted octanol–water partition coefficient (Wildman–Crippen LogP) is 1.85. The van der Waals surface area contributed by atoms with Crippen LogP contribution in [-0.2, 0) is 0 Å². The molecule has 122 valence electrons. The van der Waals surface area contributed by atoms with Crippen molar-refractivity contribution in [1.82, 2.24) is 19.8 Å². The molecule has 1 saturated heterocycles. The van der Waals surface area contributed by atoms with Crippen LogP contribution in [0, 0.1) is 0 Å².